The Morgan fingerprint density at radius 2 is 2.04 bits per heavy atom. The molecular weight excluding hydrogens is 320 g/mol. The van der Waals surface area contributed by atoms with Crippen LogP contribution in [0.15, 0.2) is 49.1 Å². The lowest BCUT2D eigenvalue weighted by Crippen LogP contribution is -2.08. The van der Waals surface area contributed by atoms with Gasteiger partial charge in [0.05, 0.1) is 11.3 Å². The van der Waals surface area contributed by atoms with Crippen LogP contribution in [-0.4, -0.2) is 36.1 Å². The van der Waals surface area contributed by atoms with Crippen molar-refractivity contribution in [3.05, 3.63) is 65.7 Å². The lowest BCUT2D eigenvalue weighted by molar-refractivity contribution is 0.0472. The number of aryl methyl sites for hydroxylation is 1. The number of hydrogen-bond donors (Lipinski definition) is 1. The van der Waals surface area contributed by atoms with E-state index in [9.17, 15) is 4.79 Å². The van der Waals surface area contributed by atoms with Gasteiger partial charge in [-0.2, -0.15) is 20.5 Å². The van der Waals surface area contributed by atoms with Crippen LogP contribution in [0.3, 0.4) is 0 Å². The molecule has 4 rings (SSSR count). The third-order valence-corrected chi connectivity index (χ3v) is 3.86. The van der Waals surface area contributed by atoms with Crippen molar-refractivity contribution in [2.24, 2.45) is 0 Å². The molecule has 0 unspecified atom stereocenters. The van der Waals surface area contributed by atoms with E-state index in [4.69, 9.17) is 4.74 Å². The number of H-pyrrole nitrogens is 1. The van der Waals surface area contributed by atoms with E-state index in [-0.39, 0.29) is 12.6 Å². The van der Waals surface area contributed by atoms with Gasteiger partial charge in [-0.15, -0.1) is 0 Å². The predicted octanol–water partition coefficient (Wildman–Crippen LogP) is 2.20. The number of benzene rings is 2. The normalized spacial score (nSPS) is 10.9. The van der Waals surface area contributed by atoms with Crippen molar-refractivity contribution in [2.45, 2.75) is 13.5 Å². The fourth-order valence-electron chi connectivity index (χ4n) is 2.56. The molecule has 0 fully saturated rings. The van der Waals surface area contributed by atoms with Gasteiger partial charge in [-0.25, -0.2) is 14.5 Å². The summed E-state index contributed by atoms with van der Waals surface area (Å²) in [6, 6.07) is 10.9. The fraction of sp³-hybridized carbons (Fsp3) is 0.118. The number of esters is 1. The first-order chi connectivity index (χ1) is 12.2. The molecule has 0 spiro atoms. The standard InChI is InChI=1S/C17H14N6O2/c1-11-6-13(23-10-18-9-19-23)3-4-14(11)17(24)25-8-12-2-5-15-16(7-12)21-22-20-15/h2-7,9-10H,8H2,1H3,(H,20,21,22). The molecule has 0 amide bonds. The minimum Gasteiger partial charge on any atom is -0.457 e. The van der Waals surface area contributed by atoms with Crippen molar-refractivity contribution in [1.29, 1.82) is 0 Å². The number of carbonyl (C=O) groups is 1. The Kier molecular flexibility index (Phi) is 3.70. The molecule has 4 aromatic rings. The number of rotatable bonds is 4. The van der Waals surface area contributed by atoms with E-state index < -0.39 is 0 Å². The number of nitrogens with zero attached hydrogens (tertiary/aromatic N) is 5. The maximum atomic E-state index is 12.4. The molecular formula is C17H14N6O2. The first kappa shape index (κ1) is 15.0. The molecule has 0 radical (unpaired) electrons. The molecule has 25 heavy (non-hydrogen) atoms. The van der Waals surface area contributed by atoms with Crippen molar-refractivity contribution >= 4 is 17.0 Å². The number of ether oxygens (including phenoxy) is 1. The van der Waals surface area contributed by atoms with Crippen LogP contribution in [0.1, 0.15) is 21.5 Å². The van der Waals surface area contributed by atoms with Gasteiger partial charge in [0.25, 0.3) is 0 Å². The van der Waals surface area contributed by atoms with E-state index in [2.05, 4.69) is 25.5 Å². The molecule has 0 bridgehead atoms. The molecule has 0 aliphatic heterocycles. The van der Waals surface area contributed by atoms with Crippen LogP contribution in [0.5, 0.6) is 0 Å². The zero-order chi connectivity index (χ0) is 17.2. The van der Waals surface area contributed by atoms with Crippen LogP contribution in [0, 0.1) is 6.92 Å². The molecule has 2 aromatic carbocycles. The van der Waals surface area contributed by atoms with Gasteiger partial charge < -0.3 is 4.74 Å². The fourth-order valence-corrected chi connectivity index (χ4v) is 2.56. The topological polar surface area (TPSA) is 98.6 Å². The minimum atomic E-state index is -0.372. The van der Waals surface area contributed by atoms with Crippen molar-refractivity contribution in [1.82, 2.24) is 30.2 Å². The summed E-state index contributed by atoms with van der Waals surface area (Å²) < 4.78 is 7.05. The summed E-state index contributed by atoms with van der Waals surface area (Å²) in [5, 5.41) is 14.6. The van der Waals surface area contributed by atoms with E-state index in [1.54, 1.807) is 23.1 Å². The largest absolute Gasteiger partial charge is 0.457 e. The van der Waals surface area contributed by atoms with Gasteiger partial charge in [0.2, 0.25) is 0 Å². The molecule has 8 heteroatoms. The highest BCUT2D eigenvalue weighted by Crippen LogP contribution is 2.17. The summed E-state index contributed by atoms with van der Waals surface area (Å²) in [5.74, 6) is -0.372. The Labute approximate surface area is 142 Å². The highest BCUT2D eigenvalue weighted by atomic mass is 16.5. The van der Waals surface area contributed by atoms with Gasteiger partial charge in [0, 0.05) is 0 Å². The quantitative estimate of drug-likeness (QED) is 0.575. The lowest BCUT2D eigenvalue weighted by Gasteiger charge is -2.09. The Hall–Kier alpha value is -3.55. The van der Waals surface area contributed by atoms with Crippen LogP contribution in [0.25, 0.3) is 16.7 Å². The first-order valence-corrected chi connectivity index (χ1v) is 7.63. The molecule has 0 aliphatic carbocycles. The number of carbonyl (C=O) groups excluding carboxylic acids is 1. The van der Waals surface area contributed by atoms with Crippen LogP contribution < -0.4 is 0 Å². The molecule has 0 atom stereocenters. The number of aromatic nitrogens is 6. The molecule has 0 saturated carbocycles. The zero-order valence-electron chi connectivity index (χ0n) is 13.4. The highest BCUT2D eigenvalue weighted by molar-refractivity contribution is 5.91. The van der Waals surface area contributed by atoms with Crippen LogP contribution in [0.4, 0.5) is 0 Å². The average molecular weight is 334 g/mol. The van der Waals surface area contributed by atoms with Gasteiger partial charge in [-0.05, 0) is 48.4 Å². The van der Waals surface area contributed by atoms with E-state index in [0.29, 0.717) is 5.56 Å². The van der Waals surface area contributed by atoms with Crippen LogP contribution in [-0.2, 0) is 11.3 Å². The molecule has 0 aliphatic rings. The predicted molar refractivity (Wildman–Crippen MR) is 89.1 cm³/mol. The van der Waals surface area contributed by atoms with Crippen molar-refractivity contribution < 1.29 is 9.53 Å². The van der Waals surface area contributed by atoms with E-state index in [0.717, 1.165) is 27.8 Å². The third kappa shape index (κ3) is 2.97. The lowest BCUT2D eigenvalue weighted by atomic mass is 10.1. The zero-order valence-corrected chi connectivity index (χ0v) is 13.4. The van der Waals surface area contributed by atoms with Gasteiger partial charge in [-0.1, -0.05) is 6.07 Å². The maximum Gasteiger partial charge on any atom is 0.338 e. The third-order valence-electron chi connectivity index (χ3n) is 3.86. The van der Waals surface area contributed by atoms with Crippen LogP contribution >= 0.6 is 0 Å². The molecule has 124 valence electrons. The minimum absolute atomic E-state index is 0.173. The van der Waals surface area contributed by atoms with Gasteiger partial charge in [0.15, 0.2) is 0 Å². The van der Waals surface area contributed by atoms with Crippen molar-refractivity contribution in [3.63, 3.8) is 0 Å². The second-order valence-corrected chi connectivity index (χ2v) is 5.56. The van der Waals surface area contributed by atoms with Crippen molar-refractivity contribution in [2.75, 3.05) is 0 Å². The van der Waals surface area contributed by atoms with Crippen LogP contribution in [0.2, 0.25) is 0 Å². The van der Waals surface area contributed by atoms with Gasteiger partial charge in [-0.3, -0.25) is 0 Å². The number of hydrogen-bond acceptors (Lipinski definition) is 6. The summed E-state index contributed by atoms with van der Waals surface area (Å²) in [5.41, 5.74) is 4.53. The first-order valence-electron chi connectivity index (χ1n) is 7.63. The average Bonchev–Trinajstić information content (AvgIpc) is 3.30. The molecule has 8 nitrogen and oxygen atoms in total. The maximum absolute atomic E-state index is 12.4. The summed E-state index contributed by atoms with van der Waals surface area (Å²) in [4.78, 5) is 16.3. The number of nitrogens with one attached hydrogen (secondary N) is 1. The highest BCUT2D eigenvalue weighted by Gasteiger charge is 2.12. The smallest absolute Gasteiger partial charge is 0.338 e. The summed E-state index contributed by atoms with van der Waals surface area (Å²) in [6.45, 7) is 2.03. The molecule has 0 saturated heterocycles. The van der Waals surface area contributed by atoms with Gasteiger partial charge >= 0.3 is 5.97 Å². The monoisotopic (exact) mass is 334 g/mol. The Morgan fingerprint density at radius 1 is 1.16 bits per heavy atom. The second-order valence-electron chi connectivity index (χ2n) is 5.56. The second kappa shape index (κ2) is 6.16. The Morgan fingerprint density at radius 3 is 2.84 bits per heavy atom. The van der Waals surface area contributed by atoms with E-state index in [1.807, 2.05) is 31.2 Å². The molecule has 1 N–H and O–H groups in total. The number of aromatic amines is 1. The summed E-state index contributed by atoms with van der Waals surface area (Å²) in [6.07, 6.45) is 3.07. The SMILES string of the molecule is Cc1cc(-n2cncn2)ccc1C(=O)OCc1ccc2n[nH]nc2c1. The van der Waals surface area contributed by atoms with E-state index in [1.165, 1.54) is 6.33 Å². The summed E-state index contributed by atoms with van der Waals surface area (Å²) >= 11 is 0. The number of fused-ring (bicyclic) bond motifs is 1. The summed E-state index contributed by atoms with van der Waals surface area (Å²) in [7, 11) is 0. The van der Waals surface area contributed by atoms with E-state index >= 15 is 0 Å². The Bertz CT molecular complexity index is 1040. The van der Waals surface area contributed by atoms with Crippen molar-refractivity contribution in [3.8, 4) is 5.69 Å². The van der Waals surface area contributed by atoms with Gasteiger partial charge in [0.1, 0.15) is 30.3 Å². The molecule has 2 heterocycles. The Balaban J connectivity index is 1.48. The molecule has 2 aromatic heterocycles.